The molecule has 0 radical (unpaired) electrons. The van der Waals surface area contributed by atoms with E-state index in [9.17, 15) is 18.0 Å². The molecule has 33 heavy (non-hydrogen) atoms. The first kappa shape index (κ1) is 24.3. The van der Waals surface area contributed by atoms with Crippen LogP contribution in [0.5, 0.6) is 0 Å². The molecule has 0 spiro atoms. The molecule has 0 saturated carbocycles. The first-order valence-electron chi connectivity index (χ1n) is 10.0. The molecular formula is C22H21F3N6OS. The highest BCUT2D eigenvalue weighted by molar-refractivity contribution is 8.00. The second-order valence-corrected chi connectivity index (χ2v) is 8.54. The summed E-state index contributed by atoms with van der Waals surface area (Å²) in [6.07, 6.45) is -1.48. The summed E-state index contributed by atoms with van der Waals surface area (Å²) in [4.78, 5) is 18.6. The molecule has 1 aromatic carbocycles. The Bertz CT molecular complexity index is 1130. The number of thioether (sulfide) groups is 1. The number of halogens is 3. The van der Waals surface area contributed by atoms with Crippen LogP contribution in [0, 0.1) is 18.3 Å². The van der Waals surface area contributed by atoms with E-state index >= 15 is 0 Å². The summed E-state index contributed by atoms with van der Waals surface area (Å²) >= 11 is 0.894. The number of alkyl halides is 3. The summed E-state index contributed by atoms with van der Waals surface area (Å²) in [6, 6.07) is 12.4. The Hall–Kier alpha value is -3.39. The Morgan fingerprint density at radius 1 is 1.18 bits per heavy atom. The van der Waals surface area contributed by atoms with Gasteiger partial charge < -0.3 is 4.90 Å². The Labute approximate surface area is 193 Å². The predicted molar refractivity (Wildman–Crippen MR) is 118 cm³/mol. The van der Waals surface area contributed by atoms with Crippen molar-refractivity contribution in [2.45, 2.75) is 43.4 Å². The number of aryl methyl sites for hydroxylation is 1. The van der Waals surface area contributed by atoms with Gasteiger partial charge in [0.2, 0.25) is 5.91 Å². The van der Waals surface area contributed by atoms with Crippen molar-refractivity contribution >= 4 is 23.4 Å². The second kappa shape index (κ2) is 10.5. The number of nitrogens with zero attached hydrogens (tertiary/aromatic N) is 6. The number of rotatable bonds is 8. The number of benzene rings is 1. The van der Waals surface area contributed by atoms with Gasteiger partial charge in [0.15, 0.2) is 11.0 Å². The topological polar surface area (TPSA) is 87.7 Å². The highest BCUT2D eigenvalue weighted by Gasteiger charge is 2.33. The van der Waals surface area contributed by atoms with E-state index < -0.39 is 18.0 Å². The van der Waals surface area contributed by atoms with E-state index in [0.717, 1.165) is 21.9 Å². The lowest BCUT2D eigenvalue weighted by atomic mass is 10.2. The van der Waals surface area contributed by atoms with Crippen LogP contribution in [0.15, 0.2) is 53.9 Å². The minimum Gasteiger partial charge on any atom is -0.310 e. The van der Waals surface area contributed by atoms with Crippen LogP contribution in [0.2, 0.25) is 0 Å². The van der Waals surface area contributed by atoms with Crippen molar-refractivity contribution in [3.05, 3.63) is 54.4 Å². The van der Waals surface area contributed by atoms with Gasteiger partial charge in [-0.2, -0.15) is 18.4 Å². The molecule has 0 saturated heterocycles. The van der Waals surface area contributed by atoms with Crippen molar-refractivity contribution in [2.75, 3.05) is 11.4 Å². The van der Waals surface area contributed by atoms with Crippen LogP contribution in [0.25, 0.3) is 11.4 Å². The third-order valence-corrected chi connectivity index (χ3v) is 5.75. The van der Waals surface area contributed by atoms with Gasteiger partial charge in [0.1, 0.15) is 6.54 Å². The maximum absolute atomic E-state index is 13.3. The monoisotopic (exact) mass is 474 g/mol. The van der Waals surface area contributed by atoms with Gasteiger partial charge in [-0.25, -0.2) is 0 Å². The zero-order valence-electron chi connectivity index (χ0n) is 18.0. The maximum Gasteiger partial charge on any atom is 0.406 e. The molecule has 3 rings (SSSR count). The molecule has 11 heteroatoms. The van der Waals surface area contributed by atoms with E-state index in [1.807, 2.05) is 25.1 Å². The van der Waals surface area contributed by atoms with Gasteiger partial charge in [-0.15, -0.1) is 10.2 Å². The fourth-order valence-corrected chi connectivity index (χ4v) is 4.00. The molecule has 3 aromatic rings. The number of anilines is 1. The molecule has 7 nitrogen and oxygen atoms in total. The van der Waals surface area contributed by atoms with Gasteiger partial charge in [-0.3, -0.25) is 14.3 Å². The lowest BCUT2D eigenvalue weighted by Crippen LogP contribution is -2.37. The summed E-state index contributed by atoms with van der Waals surface area (Å²) < 4.78 is 40.9. The molecular weight excluding hydrogens is 453 g/mol. The average molecular weight is 475 g/mol. The summed E-state index contributed by atoms with van der Waals surface area (Å²) in [5.41, 5.74) is 2.06. The number of carbonyl (C=O) groups excluding carboxylic acids is 1. The van der Waals surface area contributed by atoms with Crippen molar-refractivity contribution in [3.63, 3.8) is 0 Å². The SMILES string of the molecule is Cc1ccc(N(CCC#N)C(=O)C(C)Sc2nnc(-c3ccncc3)n2CC(F)(F)F)cc1. The minimum absolute atomic E-state index is 0.0240. The fourth-order valence-electron chi connectivity index (χ4n) is 3.09. The van der Waals surface area contributed by atoms with Crippen LogP contribution in [0.1, 0.15) is 18.9 Å². The molecule has 1 amide bonds. The number of hydrogen-bond donors (Lipinski definition) is 0. The van der Waals surface area contributed by atoms with Crippen LogP contribution >= 0.6 is 11.8 Å². The van der Waals surface area contributed by atoms with Crippen molar-refractivity contribution in [1.29, 1.82) is 5.26 Å². The Morgan fingerprint density at radius 3 is 2.45 bits per heavy atom. The first-order chi connectivity index (χ1) is 15.7. The van der Waals surface area contributed by atoms with Gasteiger partial charge in [-0.1, -0.05) is 29.5 Å². The highest BCUT2D eigenvalue weighted by Crippen LogP contribution is 2.31. The molecule has 0 aliphatic carbocycles. The van der Waals surface area contributed by atoms with E-state index in [1.165, 1.54) is 17.3 Å². The molecule has 172 valence electrons. The van der Waals surface area contributed by atoms with E-state index in [4.69, 9.17) is 5.26 Å². The molecule has 2 heterocycles. The fraction of sp³-hybridized carbons (Fsp3) is 0.318. The van der Waals surface area contributed by atoms with Gasteiger partial charge in [0.25, 0.3) is 0 Å². The summed E-state index contributed by atoms with van der Waals surface area (Å²) in [5, 5.41) is 16.1. The third kappa shape index (κ3) is 6.32. The molecule has 0 fully saturated rings. The van der Waals surface area contributed by atoms with Crippen LogP contribution in [-0.2, 0) is 11.3 Å². The van der Waals surface area contributed by atoms with Crippen LogP contribution in [-0.4, -0.2) is 43.6 Å². The Kier molecular flexibility index (Phi) is 7.71. The lowest BCUT2D eigenvalue weighted by Gasteiger charge is -2.25. The quantitative estimate of drug-likeness (QED) is 0.442. The molecule has 0 aliphatic rings. The van der Waals surface area contributed by atoms with Crippen LogP contribution in [0.4, 0.5) is 18.9 Å². The van der Waals surface area contributed by atoms with Crippen molar-refractivity contribution in [2.24, 2.45) is 0 Å². The molecule has 0 aliphatic heterocycles. The van der Waals surface area contributed by atoms with Gasteiger partial charge >= 0.3 is 6.18 Å². The van der Waals surface area contributed by atoms with Gasteiger partial charge in [-0.05, 0) is 38.1 Å². The van der Waals surface area contributed by atoms with E-state index in [1.54, 1.807) is 31.2 Å². The van der Waals surface area contributed by atoms with E-state index in [2.05, 4.69) is 15.2 Å². The summed E-state index contributed by atoms with van der Waals surface area (Å²) in [5.74, 6) is -0.303. The standard InChI is InChI=1S/C22H21F3N6OS/c1-15-4-6-18(7-5-15)30(13-3-10-26)20(32)16(2)33-21-29-28-19(17-8-11-27-12-9-17)31(21)14-22(23,24)25/h4-9,11-12,16H,3,13-14H2,1-2H3. The third-order valence-electron chi connectivity index (χ3n) is 4.68. The molecule has 2 aromatic heterocycles. The normalized spacial score (nSPS) is 12.2. The smallest absolute Gasteiger partial charge is 0.310 e. The number of aromatic nitrogens is 4. The highest BCUT2D eigenvalue weighted by atomic mass is 32.2. The van der Waals surface area contributed by atoms with Gasteiger partial charge in [0, 0.05) is 30.2 Å². The first-order valence-corrected chi connectivity index (χ1v) is 10.9. The number of nitriles is 1. The zero-order chi connectivity index (χ0) is 24.0. The minimum atomic E-state index is -4.51. The summed E-state index contributed by atoms with van der Waals surface area (Å²) in [7, 11) is 0. The van der Waals surface area contributed by atoms with E-state index in [0.29, 0.717) is 11.3 Å². The Morgan fingerprint density at radius 2 is 1.85 bits per heavy atom. The molecule has 1 unspecified atom stereocenters. The number of pyridine rings is 1. The lowest BCUT2D eigenvalue weighted by molar-refractivity contribution is -0.141. The number of amides is 1. The zero-order valence-corrected chi connectivity index (χ0v) is 18.8. The second-order valence-electron chi connectivity index (χ2n) is 7.24. The van der Waals surface area contributed by atoms with Crippen LogP contribution < -0.4 is 4.90 Å². The van der Waals surface area contributed by atoms with Crippen molar-refractivity contribution in [3.8, 4) is 17.5 Å². The number of hydrogen-bond acceptors (Lipinski definition) is 6. The molecule has 0 bridgehead atoms. The van der Waals surface area contributed by atoms with Crippen molar-refractivity contribution < 1.29 is 18.0 Å². The largest absolute Gasteiger partial charge is 0.406 e. The Balaban J connectivity index is 1.89. The average Bonchev–Trinajstić information content (AvgIpc) is 3.16. The maximum atomic E-state index is 13.3. The van der Waals surface area contributed by atoms with Crippen molar-refractivity contribution in [1.82, 2.24) is 19.7 Å². The predicted octanol–water partition coefficient (Wildman–Crippen LogP) is 4.64. The molecule has 0 N–H and O–H groups in total. The summed E-state index contributed by atoms with van der Waals surface area (Å²) in [6.45, 7) is 2.38. The van der Waals surface area contributed by atoms with Gasteiger partial charge in [0.05, 0.1) is 17.7 Å². The molecule has 1 atom stereocenters. The van der Waals surface area contributed by atoms with E-state index in [-0.39, 0.29) is 29.9 Å². The number of carbonyl (C=O) groups is 1. The van der Waals surface area contributed by atoms with Crippen LogP contribution in [0.3, 0.4) is 0 Å².